The van der Waals surface area contributed by atoms with E-state index in [0.717, 1.165) is 24.2 Å². The number of aromatic nitrogens is 3. The van der Waals surface area contributed by atoms with Crippen LogP contribution in [0.5, 0.6) is 0 Å². The summed E-state index contributed by atoms with van der Waals surface area (Å²) in [5.41, 5.74) is 1.47. The van der Waals surface area contributed by atoms with Crippen LogP contribution in [0.15, 0.2) is 64.3 Å². The van der Waals surface area contributed by atoms with E-state index in [1.54, 1.807) is 28.8 Å². The molecular formula is C21H22N4O3S. The molecule has 0 radical (unpaired) electrons. The molecule has 2 aromatic carbocycles. The van der Waals surface area contributed by atoms with E-state index in [4.69, 9.17) is 0 Å². The predicted octanol–water partition coefficient (Wildman–Crippen LogP) is 2.21. The Kier molecular flexibility index (Phi) is 4.22. The molecule has 3 heterocycles. The van der Waals surface area contributed by atoms with E-state index in [1.165, 1.54) is 8.99 Å². The molecule has 1 aromatic heterocycles. The minimum Gasteiger partial charge on any atom is -0.271 e. The number of sulfonamides is 1. The van der Waals surface area contributed by atoms with Crippen LogP contribution < -0.4 is 5.69 Å². The largest absolute Gasteiger partial charge is 0.351 e. The highest BCUT2D eigenvalue weighted by atomic mass is 32.2. The number of nitrogens with zero attached hydrogens (tertiary/aromatic N) is 4. The van der Waals surface area contributed by atoms with Crippen LogP contribution in [-0.4, -0.2) is 40.2 Å². The normalized spacial score (nSPS) is 19.8. The lowest BCUT2D eigenvalue weighted by Gasteiger charge is -2.35. The highest BCUT2D eigenvalue weighted by molar-refractivity contribution is 7.89. The van der Waals surface area contributed by atoms with Gasteiger partial charge in [-0.2, -0.15) is 8.99 Å². The topological polar surface area (TPSA) is 77.2 Å². The van der Waals surface area contributed by atoms with Crippen molar-refractivity contribution in [2.75, 3.05) is 13.1 Å². The van der Waals surface area contributed by atoms with Gasteiger partial charge < -0.3 is 0 Å². The molecular weight excluding hydrogens is 388 g/mol. The maximum atomic E-state index is 13.1. The molecule has 3 aromatic rings. The second kappa shape index (κ2) is 6.67. The van der Waals surface area contributed by atoms with Gasteiger partial charge in [-0.3, -0.25) is 4.57 Å². The average molecular weight is 410 g/mol. The van der Waals surface area contributed by atoms with Crippen LogP contribution in [0.2, 0.25) is 0 Å². The Labute approximate surface area is 169 Å². The molecule has 1 saturated heterocycles. The smallest absolute Gasteiger partial charge is 0.271 e. The Balaban J connectivity index is 1.47. The lowest BCUT2D eigenvalue weighted by atomic mass is 10.1. The Morgan fingerprint density at radius 1 is 1.00 bits per heavy atom. The summed E-state index contributed by atoms with van der Waals surface area (Å²) < 4.78 is 29.9. The molecule has 1 fully saturated rings. The molecule has 150 valence electrons. The lowest BCUT2D eigenvalue weighted by molar-refractivity contribution is 0.218. The summed E-state index contributed by atoms with van der Waals surface area (Å²) in [5.74, 6) is 1.16. The molecule has 2 aliphatic heterocycles. The van der Waals surface area contributed by atoms with E-state index in [9.17, 15) is 13.2 Å². The summed E-state index contributed by atoms with van der Waals surface area (Å²) in [6.45, 7) is 3.14. The van der Waals surface area contributed by atoms with Crippen LogP contribution in [0.4, 0.5) is 0 Å². The summed E-state index contributed by atoms with van der Waals surface area (Å²) in [7, 11) is -3.47. The van der Waals surface area contributed by atoms with Crippen LogP contribution in [-0.2, 0) is 16.4 Å². The van der Waals surface area contributed by atoms with E-state index in [1.807, 2.05) is 37.3 Å². The SMILES string of the molecule is CC1CN(S(=O)(=O)c2ccc(-n3nc4n(c3=O)[C@H](c3ccccc3)CC4)cc2)C1. The van der Waals surface area contributed by atoms with Crippen molar-refractivity contribution in [3.05, 3.63) is 76.5 Å². The van der Waals surface area contributed by atoms with Crippen LogP contribution in [0.3, 0.4) is 0 Å². The van der Waals surface area contributed by atoms with Gasteiger partial charge in [0.2, 0.25) is 10.0 Å². The molecule has 0 bridgehead atoms. The molecule has 0 unspecified atom stereocenters. The molecule has 0 aliphatic carbocycles. The first-order valence-corrected chi connectivity index (χ1v) is 11.2. The van der Waals surface area contributed by atoms with Gasteiger partial charge >= 0.3 is 5.69 Å². The molecule has 8 heteroatoms. The molecule has 0 spiro atoms. The second-order valence-electron chi connectivity index (χ2n) is 7.87. The summed E-state index contributed by atoms with van der Waals surface area (Å²) in [5, 5.41) is 4.51. The Hall–Kier alpha value is -2.71. The molecule has 5 rings (SSSR count). The number of hydrogen-bond acceptors (Lipinski definition) is 4. The fourth-order valence-corrected chi connectivity index (χ4v) is 5.88. The summed E-state index contributed by atoms with van der Waals surface area (Å²) in [6.07, 6.45) is 1.59. The second-order valence-corrected chi connectivity index (χ2v) is 9.80. The van der Waals surface area contributed by atoms with Crippen molar-refractivity contribution in [3.8, 4) is 5.69 Å². The molecule has 0 amide bonds. The summed E-state index contributed by atoms with van der Waals surface area (Å²) in [4.78, 5) is 13.3. The van der Waals surface area contributed by atoms with E-state index in [0.29, 0.717) is 24.7 Å². The summed E-state index contributed by atoms with van der Waals surface area (Å²) >= 11 is 0. The highest BCUT2D eigenvalue weighted by Gasteiger charge is 2.34. The third kappa shape index (κ3) is 2.94. The van der Waals surface area contributed by atoms with Gasteiger partial charge in [-0.1, -0.05) is 37.3 Å². The monoisotopic (exact) mass is 410 g/mol. The van der Waals surface area contributed by atoms with Crippen molar-refractivity contribution >= 4 is 10.0 Å². The van der Waals surface area contributed by atoms with Crippen LogP contribution >= 0.6 is 0 Å². The fraction of sp³-hybridized carbons (Fsp3) is 0.333. The highest BCUT2D eigenvalue weighted by Crippen LogP contribution is 2.30. The Morgan fingerprint density at radius 3 is 2.34 bits per heavy atom. The van der Waals surface area contributed by atoms with Gasteiger partial charge in [0.05, 0.1) is 16.6 Å². The van der Waals surface area contributed by atoms with Crippen molar-refractivity contribution in [2.24, 2.45) is 5.92 Å². The lowest BCUT2D eigenvalue weighted by Crippen LogP contribution is -2.48. The first kappa shape index (κ1) is 18.3. The third-order valence-electron chi connectivity index (χ3n) is 5.77. The van der Waals surface area contributed by atoms with Crippen LogP contribution in [0, 0.1) is 5.92 Å². The van der Waals surface area contributed by atoms with Gasteiger partial charge in [0.1, 0.15) is 5.82 Å². The fourth-order valence-electron chi connectivity index (χ4n) is 4.20. The van der Waals surface area contributed by atoms with E-state index >= 15 is 0 Å². The minimum absolute atomic E-state index is 0.0134. The van der Waals surface area contributed by atoms with Crippen LogP contribution in [0.25, 0.3) is 5.69 Å². The molecule has 0 saturated carbocycles. The van der Waals surface area contributed by atoms with Crippen LogP contribution in [0.1, 0.15) is 30.8 Å². The molecule has 2 aliphatic rings. The van der Waals surface area contributed by atoms with Crippen molar-refractivity contribution in [3.63, 3.8) is 0 Å². The number of benzene rings is 2. The van der Waals surface area contributed by atoms with Crippen molar-refractivity contribution in [2.45, 2.75) is 30.7 Å². The predicted molar refractivity (Wildman–Crippen MR) is 109 cm³/mol. The molecule has 1 atom stereocenters. The van der Waals surface area contributed by atoms with Gasteiger partial charge in [0, 0.05) is 19.5 Å². The standard InChI is InChI=1S/C21H22N4O3S/c1-15-13-23(14-15)29(27,28)18-9-7-17(8-10-18)25-21(26)24-19(11-12-20(24)22-25)16-5-3-2-4-6-16/h2-10,15,19H,11-14H2,1H3/t19-/m0/s1. The molecule has 7 nitrogen and oxygen atoms in total. The summed E-state index contributed by atoms with van der Waals surface area (Å²) in [6, 6.07) is 16.4. The van der Waals surface area contributed by atoms with E-state index in [2.05, 4.69) is 5.10 Å². The number of hydrogen-bond donors (Lipinski definition) is 0. The molecule has 0 N–H and O–H groups in total. The molecule has 29 heavy (non-hydrogen) atoms. The number of rotatable bonds is 4. The zero-order valence-electron chi connectivity index (χ0n) is 16.1. The van der Waals surface area contributed by atoms with Gasteiger partial charge in [-0.05, 0) is 42.2 Å². The maximum absolute atomic E-state index is 13.1. The number of fused-ring (bicyclic) bond motifs is 1. The van der Waals surface area contributed by atoms with E-state index in [-0.39, 0.29) is 16.6 Å². The zero-order chi connectivity index (χ0) is 20.2. The van der Waals surface area contributed by atoms with Gasteiger partial charge in [0.15, 0.2) is 0 Å². The van der Waals surface area contributed by atoms with Crippen molar-refractivity contribution < 1.29 is 8.42 Å². The number of aryl methyl sites for hydroxylation is 1. The van der Waals surface area contributed by atoms with Gasteiger partial charge in [0.25, 0.3) is 0 Å². The minimum atomic E-state index is -3.47. The maximum Gasteiger partial charge on any atom is 0.351 e. The van der Waals surface area contributed by atoms with E-state index < -0.39 is 10.0 Å². The van der Waals surface area contributed by atoms with Gasteiger partial charge in [-0.25, -0.2) is 13.2 Å². The zero-order valence-corrected chi connectivity index (χ0v) is 16.9. The first-order valence-electron chi connectivity index (χ1n) is 9.81. The average Bonchev–Trinajstić information content (AvgIpc) is 3.27. The third-order valence-corrected chi connectivity index (χ3v) is 7.61. The van der Waals surface area contributed by atoms with Gasteiger partial charge in [-0.15, -0.1) is 5.10 Å². The first-order chi connectivity index (χ1) is 13.9. The quantitative estimate of drug-likeness (QED) is 0.661. The Morgan fingerprint density at radius 2 is 1.69 bits per heavy atom. The van der Waals surface area contributed by atoms with Crippen molar-refractivity contribution in [1.29, 1.82) is 0 Å². The van der Waals surface area contributed by atoms with Crippen molar-refractivity contribution in [1.82, 2.24) is 18.7 Å². The Bertz CT molecular complexity index is 1210.